The van der Waals surface area contributed by atoms with Crippen LogP contribution in [0, 0.1) is 0 Å². The lowest BCUT2D eigenvalue weighted by molar-refractivity contribution is 0.101. The monoisotopic (exact) mass is 256 g/mol. The molecule has 1 amide bonds. The third-order valence-electron chi connectivity index (χ3n) is 2.93. The second kappa shape index (κ2) is 5.52. The molecule has 2 aromatic rings. The molecule has 0 aliphatic heterocycles. The van der Waals surface area contributed by atoms with Crippen molar-refractivity contribution < 1.29 is 9.59 Å². The predicted molar refractivity (Wildman–Crippen MR) is 74.6 cm³/mol. The van der Waals surface area contributed by atoms with Crippen molar-refractivity contribution in [3.8, 4) is 0 Å². The summed E-state index contributed by atoms with van der Waals surface area (Å²) in [6.07, 6.45) is 2.46. The van der Waals surface area contributed by atoms with E-state index in [0.717, 1.165) is 17.7 Å². The summed E-state index contributed by atoms with van der Waals surface area (Å²) in [7, 11) is 0. The average Bonchev–Trinajstić information content (AvgIpc) is 2.89. The van der Waals surface area contributed by atoms with Gasteiger partial charge in [0.05, 0.1) is 0 Å². The molecule has 0 radical (unpaired) electrons. The van der Waals surface area contributed by atoms with Crippen molar-refractivity contribution in [1.29, 1.82) is 0 Å². The number of amides is 1. The Bertz CT molecular complexity index is 614. The minimum Gasteiger partial charge on any atom is -0.356 e. The summed E-state index contributed by atoms with van der Waals surface area (Å²) < 4.78 is 0. The van der Waals surface area contributed by atoms with Crippen molar-refractivity contribution in [2.75, 3.05) is 5.32 Å². The Labute approximate surface area is 111 Å². The van der Waals surface area contributed by atoms with E-state index in [4.69, 9.17) is 0 Å². The number of Topliss-reactive ketones (excluding diaryl/α,β-unsaturated/α-hetero) is 1. The highest BCUT2D eigenvalue weighted by Crippen LogP contribution is 2.13. The van der Waals surface area contributed by atoms with Gasteiger partial charge in [0, 0.05) is 17.4 Å². The first-order valence-corrected chi connectivity index (χ1v) is 6.19. The first kappa shape index (κ1) is 13.1. The second-order valence-electron chi connectivity index (χ2n) is 4.37. The van der Waals surface area contributed by atoms with Gasteiger partial charge in [-0.1, -0.05) is 19.1 Å². The molecule has 19 heavy (non-hydrogen) atoms. The molecule has 2 rings (SSSR count). The van der Waals surface area contributed by atoms with Gasteiger partial charge in [-0.15, -0.1) is 0 Å². The molecule has 1 heterocycles. The molecule has 0 spiro atoms. The maximum Gasteiger partial charge on any atom is 0.272 e. The molecule has 0 saturated carbocycles. The Morgan fingerprint density at radius 2 is 2.05 bits per heavy atom. The molecule has 1 aromatic carbocycles. The fourth-order valence-corrected chi connectivity index (χ4v) is 1.80. The topological polar surface area (TPSA) is 62.0 Å². The van der Waals surface area contributed by atoms with Crippen LogP contribution in [-0.2, 0) is 6.42 Å². The van der Waals surface area contributed by atoms with Crippen LogP contribution in [0.3, 0.4) is 0 Å². The predicted octanol–water partition coefficient (Wildman–Crippen LogP) is 3.03. The molecule has 2 N–H and O–H groups in total. The van der Waals surface area contributed by atoms with Crippen LogP contribution in [0.15, 0.2) is 36.5 Å². The number of aryl methyl sites for hydroxylation is 1. The summed E-state index contributed by atoms with van der Waals surface area (Å²) >= 11 is 0. The number of carbonyl (C=O) groups is 2. The van der Waals surface area contributed by atoms with Crippen LogP contribution in [0.2, 0.25) is 0 Å². The van der Waals surface area contributed by atoms with Crippen LogP contribution in [0.1, 0.15) is 40.3 Å². The number of anilines is 1. The van der Waals surface area contributed by atoms with Crippen LogP contribution < -0.4 is 5.32 Å². The van der Waals surface area contributed by atoms with Crippen LogP contribution in [0.25, 0.3) is 0 Å². The summed E-state index contributed by atoms with van der Waals surface area (Å²) in [4.78, 5) is 26.0. The third kappa shape index (κ3) is 3.10. The zero-order valence-electron chi connectivity index (χ0n) is 11.0. The van der Waals surface area contributed by atoms with Crippen LogP contribution in [0.4, 0.5) is 5.69 Å². The van der Waals surface area contributed by atoms with Crippen molar-refractivity contribution in [3.63, 3.8) is 0 Å². The molecule has 4 heteroatoms. The van der Waals surface area contributed by atoms with Gasteiger partial charge >= 0.3 is 0 Å². The molecule has 0 fully saturated rings. The van der Waals surface area contributed by atoms with E-state index in [2.05, 4.69) is 17.2 Å². The molecule has 0 bridgehead atoms. The van der Waals surface area contributed by atoms with Gasteiger partial charge in [-0.3, -0.25) is 9.59 Å². The summed E-state index contributed by atoms with van der Waals surface area (Å²) in [5, 5.41) is 2.80. The lowest BCUT2D eigenvalue weighted by atomic mass is 10.1. The Morgan fingerprint density at radius 3 is 2.68 bits per heavy atom. The number of hydrogen-bond donors (Lipinski definition) is 2. The summed E-state index contributed by atoms with van der Waals surface area (Å²) in [5.74, 6) is -0.316. The zero-order chi connectivity index (χ0) is 13.8. The van der Waals surface area contributed by atoms with Gasteiger partial charge in [-0.25, -0.2) is 0 Å². The van der Waals surface area contributed by atoms with E-state index in [0.29, 0.717) is 11.3 Å². The molecule has 0 unspecified atom stereocenters. The molecule has 98 valence electrons. The number of benzene rings is 1. The highest BCUT2D eigenvalue weighted by atomic mass is 16.2. The first-order valence-electron chi connectivity index (χ1n) is 6.19. The van der Waals surface area contributed by atoms with Crippen LogP contribution in [0.5, 0.6) is 0 Å². The lowest BCUT2D eigenvalue weighted by Gasteiger charge is -2.05. The Balaban J connectivity index is 2.13. The molecule has 0 saturated heterocycles. The summed E-state index contributed by atoms with van der Waals surface area (Å²) in [5.41, 5.74) is 2.80. The van der Waals surface area contributed by atoms with Gasteiger partial charge in [0.1, 0.15) is 5.69 Å². The number of aromatic amines is 1. The minimum absolute atomic E-state index is 0.0664. The van der Waals surface area contributed by atoms with Gasteiger partial charge in [0.25, 0.3) is 5.91 Å². The lowest BCUT2D eigenvalue weighted by Crippen LogP contribution is -2.12. The fourth-order valence-electron chi connectivity index (χ4n) is 1.80. The second-order valence-corrected chi connectivity index (χ2v) is 4.37. The Kier molecular flexibility index (Phi) is 3.80. The van der Waals surface area contributed by atoms with Gasteiger partial charge < -0.3 is 10.3 Å². The van der Waals surface area contributed by atoms with Gasteiger partial charge in [-0.2, -0.15) is 0 Å². The summed E-state index contributed by atoms with van der Waals surface area (Å²) in [6, 6.07) is 9.25. The minimum atomic E-state index is -0.249. The summed E-state index contributed by atoms with van der Waals surface area (Å²) in [6.45, 7) is 3.53. The van der Waals surface area contributed by atoms with E-state index in [1.165, 1.54) is 6.92 Å². The smallest absolute Gasteiger partial charge is 0.272 e. The van der Waals surface area contributed by atoms with E-state index in [-0.39, 0.29) is 11.7 Å². The molecular formula is C15H16N2O2. The van der Waals surface area contributed by atoms with E-state index in [1.54, 1.807) is 12.3 Å². The quantitative estimate of drug-likeness (QED) is 0.826. The highest BCUT2D eigenvalue weighted by molar-refractivity contribution is 6.05. The van der Waals surface area contributed by atoms with Crippen molar-refractivity contribution in [2.45, 2.75) is 20.3 Å². The van der Waals surface area contributed by atoms with E-state index in [1.807, 2.05) is 24.3 Å². The number of ketones is 1. The zero-order valence-corrected chi connectivity index (χ0v) is 11.0. The van der Waals surface area contributed by atoms with Crippen molar-refractivity contribution in [3.05, 3.63) is 53.3 Å². The van der Waals surface area contributed by atoms with Crippen molar-refractivity contribution in [1.82, 2.24) is 4.98 Å². The molecule has 4 nitrogen and oxygen atoms in total. The average molecular weight is 256 g/mol. The van der Waals surface area contributed by atoms with Crippen molar-refractivity contribution in [2.24, 2.45) is 0 Å². The van der Waals surface area contributed by atoms with Crippen LogP contribution in [-0.4, -0.2) is 16.7 Å². The molecule has 0 aliphatic carbocycles. The molecule has 1 aromatic heterocycles. The molecule has 0 aliphatic rings. The SMILES string of the molecule is CCc1cccc(NC(=O)c2cc(C(C)=O)c[nH]2)c1. The number of carbonyl (C=O) groups excluding carboxylic acids is 2. The number of hydrogen-bond acceptors (Lipinski definition) is 2. The largest absolute Gasteiger partial charge is 0.356 e. The Morgan fingerprint density at radius 1 is 1.26 bits per heavy atom. The normalized spacial score (nSPS) is 10.2. The van der Waals surface area contributed by atoms with E-state index in [9.17, 15) is 9.59 Å². The number of rotatable bonds is 4. The molecule has 0 atom stereocenters. The van der Waals surface area contributed by atoms with Gasteiger partial charge in [0.2, 0.25) is 0 Å². The maximum atomic E-state index is 12.0. The number of nitrogens with one attached hydrogen (secondary N) is 2. The standard InChI is InChI=1S/C15H16N2O2/c1-3-11-5-4-6-13(7-11)17-15(19)14-8-12(9-16-14)10(2)18/h4-9,16H,3H2,1-2H3,(H,17,19). The highest BCUT2D eigenvalue weighted by Gasteiger charge is 2.10. The van der Waals surface area contributed by atoms with E-state index >= 15 is 0 Å². The third-order valence-corrected chi connectivity index (χ3v) is 2.93. The molecular weight excluding hydrogens is 240 g/mol. The maximum absolute atomic E-state index is 12.0. The number of aromatic nitrogens is 1. The first-order chi connectivity index (χ1) is 9.10. The fraction of sp³-hybridized carbons (Fsp3) is 0.200. The van der Waals surface area contributed by atoms with E-state index < -0.39 is 0 Å². The number of H-pyrrole nitrogens is 1. The van der Waals surface area contributed by atoms with Crippen molar-refractivity contribution >= 4 is 17.4 Å². The van der Waals surface area contributed by atoms with Gasteiger partial charge in [-0.05, 0) is 37.1 Å². The van der Waals surface area contributed by atoms with Crippen LogP contribution >= 0.6 is 0 Å². The Hall–Kier alpha value is -2.36. The van der Waals surface area contributed by atoms with Gasteiger partial charge in [0.15, 0.2) is 5.78 Å².